The number of amides is 2. The van der Waals surface area contributed by atoms with Gasteiger partial charge in [0, 0.05) is 12.2 Å². The molecule has 1 N–H and O–H groups in total. The largest absolute Gasteiger partial charge is 0.357 e. The second-order valence-corrected chi connectivity index (χ2v) is 8.06. The van der Waals surface area contributed by atoms with E-state index in [-0.39, 0.29) is 11.8 Å². The van der Waals surface area contributed by atoms with E-state index in [0.717, 1.165) is 11.3 Å². The first-order valence-electron chi connectivity index (χ1n) is 9.60. The van der Waals surface area contributed by atoms with E-state index >= 15 is 0 Å². The van der Waals surface area contributed by atoms with Crippen LogP contribution >= 0.6 is 0 Å². The summed E-state index contributed by atoms with van der Waals surface area (Å²) < 4.78 is 6.35. The van der Waals surface area contributed by atoms with Gasteiger partial charge in [-0.05, 0) is 24.6 Å². The van der Waals surface area contributed by atoms with E-state index < -0.39 is 23.0 Å². The number of carbonyl (C=O) groups is 2. The summed E-state index contributed by atoms with van der Waals surface area (Å²) in [6, 6.07) is 19.2. The van der Waals surface area contributed by atoms with Crippen molar-refractivity contribution in [3.8, 4) is 0 Å². The van der Waals surface area contributed by atoms with Crippen LogP contribution in [0.2, 0.25) is 0 Å². The minimum Gasteiger partial charge on any atom is -0.357 e. The summed E-state index contributed by atoms with van der Waals surface area (Å²) in [7, 11) is 0. The third-order valence-corrected chi connectivity index (χ3v) is 6.14. The first-order valence-corrected chi connectivity index (χ1v) is 9.60. The molecule has 0 saturated carbocycles. The maximum absolute atomic E-state index is 13.3. The molecule has 142 valence electrons. The molecule has 5 heteroatoms. The Hall–Kier alpha value is -2.92. The number of rotatable bonds is 4. The van der Waals surface area contributed by atoms with Crippen molar-refractivity contribution in [2.75, 3.05) is 11.9 Å². The highest BCUT2D eigenvalue weighted by atomic mass is 16.5. The Morgan fingerprint density at radius 3 is 2.50 bits per heavy atom. The van der Waals surface area contributed by atoms with Gasteiger partial charge in [-0.1, -0.05) is 60.7 Å². The van der Waals surface area contributed by atoms with Crippen LogP contribution in [0, 0.1) is 11.8 Å². The maximum atomic E-state index is 13.3. The number of hydrogen-bond acceptors (Lipinski definition) is 3. The van der Waals surface area contributed by atoms with E-state index in [1.165, 1.54) is 0 Å². The highest BCUT2D eigenvalue weighted by Gasteiger charge is 2.71. The molecule has 5 nitrogen and oxygen atoms in total. The lowest BCUT2D eigenvalue weighted by atomic mass is 9.72. The Morgan fingerprint density at radius 1 is 1.11 bits per heavy atom. The zero-order valence-electron chi connectivity index (χ0n) is 15.7. The van der Waals surface area contributed by atoms with Gasteiger partial charge in [0.2, 0.25) is 11.8 Å². The molecular formula is C23H22N2O3. The Labute approximate surface area is 164 Å². The van der Waals surface area contributed by atoms with Crippen LogP contribution in [0.3, 0.4) is 0 Å². The van der Waals surface area contributed by atoms with Gasteiger partial charge in [-0.15, -0.1) is 0 Å². The fourth-order valence-electron chi connectivity index (χ4n) is 4.93. The van der Waals surface area contributed by atoms with E-state index in [1.807, 2.05) is 84.6 Å². The monoisotopic (exact) mass is 374 g/mol. The number of likely N-dealkylation sites (tertiary alicyclic amines) is 1. The molecule has 3 aliphatic rings. The molecule has 2 saturated heterocycles. The molecule has 0 radical (unpaired) electrons. The molecular weight excluding hydrogens is 352 g/mol. The number of nitrogens with zero attached hydrogens (tertiary/aromatic N) is 1. The van der Waals surface area contributed by atoms with Crippen molar-refractivity contribution < 1.29 is 14.3 Å². The van der Waals surface area contributed by atoms with Gasteiger partial charge < -0.3 is 15.0 Å². The molecule has 2 amide bonds. The van der Waals surface area contributed by atoms with E-state index in [9.17, 15) is 9.59 Å². The molecule has 0 aromatic heterocycles. The van der Waals surface area contributed by atoms with Crippen molar-refractivity contribution in [3.63, 3.8) is 0 Å². The highest BCUT2D eigenvalue weighted by Crippen LogP contribution is 2.57. The van der Waals surface area contributed by atoms with Crippen LogP contribution < -0.4 is 5.32 Å². The van der Waals surface area contributed by atoms with Crippen molar-refractivity contribution in [1.82, 2.24) is 4.90 Å². The van der Waals surface area contributed by atoms with Crippen molar-refractivity contribution in [1.29, 1.82) is 0 Å². The van der Waals surface area contributed by atoms with Gasteiger partial charge in [0.25, 0.3) is 0 Å². The second-order valence-electron chi connectivity index (χ2n) is 8.06. The van der Waals surface area contributed by atoms with Crippen LogP contribution in [-0.2, 0) is 20.9 Å². The Balaban J connectivity index is 1.43. The summed E-state index contributed by atoms with van der Waals surface area (Å²) in [5, 5.41) is 2.96. The Morgan fingerprint density at radius 2 is 1.79 bits per heavy atom. The van der Waals surface area contributed by atoms with Crippen LogP contribution in [0.1, 0.15) is 12.5 Å². The number of carbonyl (C=O) groups excluding carboxylic acids is 2. The molecule has 0 aliphatic carbocycles. The average molecular weight is 374 g/mol. The minimum absolute atomic E-state index is 0.00913. The molecule has 2 aromatic carbocycles. The summed E-state index contributed by atoms with van der Waals surface area (Å²) in [5.41, 5.74) is 0.336. The summed E-state index contributed by atoms with van der Waals surface area (Å²) in [6.07, 6.45) is 3.95. The van der Waals surface area contributed by atoms with E-state index in [4.69, 9.17) is 4.74 Å². The maximum Gasteiger partial charge on any atom is 0.231 e. The molecule has 2 bridgehead atoms. The van der Waals surface area contributed by atoms with Crippen LogP contribution in [0.4, 0.5) is 5.69 Å². The van der Waals surface area contributed by atoms with E-state index in [0.29, 0.717) is 13.1 Å². The molecule has 4 atom stereocenters. The minimum atomic E-state index is -0.752. The molecule has 1 spiro atoms. The van der Waals surface area contributed by atoms with Gasteiger partial charge in [0.1, 0.15) is 5.60 Å². The summed E-state index contributed by atoms with van der Waals surface area (Å²) in [4.78, 5) is 28.3. The van der Waals surface area contributed by atoms with Crippen molar-refractivity contribution >= 4 is 17.5 Å². The molecule has 2 fully saturated rings. The molecule has 2 aromatic rings. The Kier molecular flexibility index (Phi) is 3.71. The third-order valence-electron chi connectivity index (χ3n) is 6.14. The van der Waals surface area contributed by atoms with Gasteiger partial charge in [-0.2, -0.15) is 0 Å². The topological polar surface area (TPSA) is 58.6 Å². The number of hydrogen-bond donors (Lipinski definition) is 1. The SMILES string of the molecule is C[C@@]12C=C[C@@]3(CN(Cc4ccccc4)C(=O)[C@@H]3[C@@H]1C(=O)Nc1ccccc1)O2. The molecule has 3 aliphatic heterocycles. The van der Waals surface area contributed by atoms with Gasteiger partial charge >= 0.3 is 0 Å². The first-order chi connectivity index (χ1) is 13.5. The van der Waals surface area contributed by atoms with Crippen molar-refractivity contribution in [3.05, 3.63) is 78.4 Å². The van der Waals surface area contributed by atoms with Gasteiger partial charge in [-0.3, -0.25) is 9.59 Å². The van der Waals surface area contributed by atoms with Crippen LogP contribution in [0.5, 0.6) is 0 Å². The fourth-order valence-corrected chi connectivity index (χ4v) is 4.93. The van der Waals surface area contributed by atoms with Crippen molar-refractivity contribution in [2.24, 2.45) is 11.8 Å². The lowest BCUT2D eigenvalue weighted by Gasteiger charge is -2.29. The second kappa shape index (κ2) is 6.04. The normalized spacial score (nSPS) is 32.6. The van der Waals surface area contributed by atoms with Crippen molar-refractivity contribution in [2.45, 2.75) is 24.7 Å². The summed E-state index contributed by atoms with van der Waals surface area (Å²) >= 11 is 0. The Bertz CT molecular complexity index is 958. The zero-order valence-corrected chi connectivity index (χ0v) is 15.7. The highest BCUT2D eigenvalue weighted by molar-refractivity contribution is 5.99. The van der Waals surface area contributed by atoms with Crippen LogP contribution in [0.25, 0.3) is 0 Å². The summed E-state index contributed by atoms with van der Waals surface area (Å²) in [6.45, 7) is 2.91. The number of nitrogens with one attached hydrogen (secondary N) is 1. The quantitative estimate of drug-likeness (QED) is 0.837. The van der Waals surface area contributed by atoms with Gasteiger partial charge in [-0.25, -0.2) is 0 Å². The molecule has 28 heavy (non-hydrogen) atoms. The molecule has 3 heterocycles. The van der Waals surface area contributed by atoms with E-state index in [2.05, 4.69) is 5.32 Å². The third kappa shape index (κ3) is 2.50. The van der Waals surface area contributed by atoms with E-state index in [1.54, 1.807) is 0 Å². The molecule has 5 rings (SSSR count). The number of para-hydroxylation sites is 1. The predicted molar refractivity (Wildman–Crippen MR) is 105 cm³/mol. The number of benzene rings is 2. The van der Waals surface area contributed by atoms with Crippen LogP contribution in [-0.4, -0.2) is 34.5 Å². The standard InChI is InChI=1S/C23H22N2O3/c1-22-12-13-23(28-22)15-25(14-16-8-4-2-5-9-16)21(27)19(23)18(22)20(26)24-17-10-6-3-7-11-17/h2-13,18-19H,14-15H2,1H3,(H,24,26)/t18-,19+,22-,23+/m1/s1. The van der Waals surface area contributed by atoms with Gasteiger partial charge in [0.05, 0.1) is 24.0 Å². The lowest BCUT2D eigenvalue weighted by Crippen LogP contribution is -2.45. The predicted octanol–water partition coefficient (Wildman–Crippen LogP) is 3.00. The van der Waals surface area contributed by atoms with Gasteiger partial charge in [0.15, 0.2) is 0 Å². The summed E-state index contributed by atoms with van der Waals surface area (Å²) in [5.74, 6) is -1.22. The number of fused-ring (bicyclic) bond motifs is 1. The molecule has 0 unspecified atom stereocenters. The average Bonchev–Trinajstić information content (AvgIpc) is 3.26. The number of anilines is 1. The smallest absolute Gasteiger partial charge is 0.231 e. The van der Waals surface area contributed by atoms with Crippen LogP contribution in [0.15, 0.2) is 72.8 Å². The number of ether oxygens (including phenoxy) is 1. The lowest BCUT2D eigenvalue weighted by molar-refractivity contribution is -0.137. The zero-order chi connectivity index (χ0) is 19.4. The fraction of sp³-hybridized carbons (Fsp3) is 0.304. The first kappa shape index (κ1) is 17.2.